The number of quaternary nitrogens is 1. The number of anilines is 1. The number of para-hydroxylation sites is 4. The topological polar surface area (TPSA) is 81.5 Å². The van der Waals surface area contributed by atoms with Crippen molar-refractivity contribution >= 4 is 17.5 Å². The third kappa shape index (κ3) is 4.49. The van der Waals surface area contributed by atoms with Crippen LogP contribution in [0.2, 0.25) is 0 Å². The molecule has 2 aliphatic rings. The van der Waals surface area contributed by atoms with E-state index in [1.165, 1.54) is 0 Å². The van der Waals surface area contributed by atoms with Crippen LogP contribution in [0.15, 0.2) is 48.5 Å². The van der Waals surface area contributed by atoms with E-state index in [1.54, 1.807) is 18.1 Å². The Hall–Kier alpha value is -3.26. The first-order chi connectivity index (χ1) is 14.6. The zero-order chi connectivity index (χ0) is 20.9. The molecular formula is C22H26N3O5+. The SMILES string of the molecule is COc1ccccc1NC(=O)C[NH+]1CCN(C(=O)[C@H]2COc3ccccc3O2)CC1. The summed E-state index contributed by atoms with van der Waals surface area (Å²) in [7, 11) is 1.58. The molecule has 0 aliphatic carbocycles. The van der Waals surface area contributed by atoms with Crippen molar-refractivity contribution in [3.05, 3.63) is 48.5 Å². The minimum Gasteiger partial charge on any atom is -0.495 e. The van der Waals surface area contributed by atoms with Crippen molar-refractivity contribution in [2.45, 2.75) is 6.10 Å². The number of hydrogen-bond donors (Lipinski definition) is 2. The van der Waals surface area contributed by atoms with Gasteiger partial charge in [0.15, 0.2) is 18.0 Å². The van der Waals surface area contributed by atoms with Crippen molar-refractivity contribution in [3.8, 4) is 17.2 Å². The monoisotopic (exact) mass is 412 g/mol. The Morgan fingerprint density at radius 2 is 1.80 bits per heavy atom. The molecule has 2 aromatic carbocycles. The van der Waals surface area contributed by atoms with E-state index in [4.69, 9.17) is 14.2 Å². The maximum atomic E-state index is 12.8. The first kappa shape index (κ1) is 20.0. The van der Waals surface area contributed by atoms with Gasteiger partial charge in [0, 0.05) is 0 Å². The van der Waals surface area contributed by atoms with Gasteiger partial charge >= 0.3 is 0 Å². The van der Waals surface area contributed by atoms with Crippen LogP contribution in [0, 0.1) is 0 Å². The van der Waals surface area contributed by atoms with E-state index in [0.717, 1.165) is 4.90 Å². The Labute approximate surface area is 175 Å². The van der Waals surface area contributed by atoms with Gasteiger partial charge in [-0.15, -0.1) is 0 Å². The molecule has 30 heavy (non-hydrogen) atoms. The number of methoxy groups -OCH3 is 1. The number of amides is 2. The van der Waals surface area contributed by atoms with E-state index < -0.39 is 6.10 Å². The highest BCUT2D eigenvalue weighted by Gasteiger charge is 2.34. The van der Waals surface area contributed by atoms with Crippen LogP contribution in [0.4, 0.5) is 5.69 Å². The van der Waals surface area contributed by atoms with E-state index in [0.29, 0.717) is 55.7 Å². The Kier molecular flexibility index (Phi) is 6.04. The molecule has 2 heterocycles. The van der Waals surface area contributed by atoms with Crippen molar-refractivity contribution < 1.29 is 28.7 Å². The molecule has 2 aromatic rings. The van der Waals surface area contributed by atoms with Gasteiger partial charge in [-0.05, 0) is 24.3 Å². The molecule has 0 bridgehead atoms. The summed E-state index contributed by atoms with van der Waals surface area (Å²) >= 11 is 0. The van der Waals surface area contributed by atoms with Crippen molar-refractivity contribution in [1.29, 1.82) is 0 Å². The number of benzene rings is 2. The van der Waals surface area contributed by atoms with E-state index in [1.807, 2.05) is 42.5 Å². The third-order valence-corrected chi connectivity index (χ3v) is 5.36. The van der Waals surface area contributed by atoms with Gasteiger partial charge in [0.05, 0.1) is 39.0 Å². The molecule has 1 saturated heterocycles. The standard InChI is InChI=1S/C22H25N3O5/c1-28-17-7-3-2-6-16(17)23-21(26)14-24-10-12-25(13-11-24)22(27)20-15-29-18-8-4-5-9-19(18)30-20/h2-9,20H,10-15H2,1H3,(H,23,26)/p+1/t20-/m1/s1. The molecule has 2 amide bonds. The molecule has 0 aromatic heterocycles. The van der Waals surface area contributed by atoms with Crippen LogP contribution >= 0.6 is 0 Å². The van der Waals surface area contributed by atoms with Gasteiger partial charge in [0.1, 0.15) is 12.4 Å². The summed E-state index contributed by atoms with van der Waals surface area (Å²) in [6, 6.07) is 14.7. The second-order valence-electron chi connectivity index (χ2n) is 7.36. The Morgan fingerprint density at radius 1 is 1.10 bits per heavy atom. The predicted octanol–water partition coefficient (Wildman–Crippen LogP) is 0.201. The molecule has 2 N–H and O–H groups in total. The number of ether oxygens (including phenoxy) is 3. The average Bonchev–Trinajstić information content (AvgIpc) is 2.79. The van der Waals surface area contributed by atoms with Gasteiger partial charge in [-0.1, -0.05) is 24.3 Å². The number of nitrogens with zero attached hydrogens (tertiary/aromatic N) is 1. The highest BCUT2D eigenvalue weighted by atomic mass is 16.6. The second-order valence-corrected chi connectivity index (χ2v) is 7.36. The number of piperazine rings is 1. The summed E-state index contributed by atoms with van der Waals surface area (Å²) < 4.78 is 16.8. The summed E-state index contributed by atoms with van der Waals surface area (Å²) in [6.07, 6.45) is -0.629. The maximum Gasteiger partial charge on any atom is 0.279 e. The zero-order valence-electron chi connectivity index (χ0n) is 16.9. The van der Waals surface area contributed by atoms with Crippen molar-refractivity contribution in [2.24, 2.45) is 0 Å². The van der Waals surface area contributed by atoms with Gasteiger partial charge in [0.25, 0.3) is 11.8 Å². The quantitative estimate of drug-likeness (QED) is 0.734. The molecule has 1 atom stereocenters. The Morgan fingerprint density at radius 3 is 2.57 bits per heavy atom. The fourth-order valence-electron chi connectivity index (χ4n) is 3.73. The van der Waals surface area contributed by atoms with Crippen molar-refractivity contribution in [1.82, 2.24) is 4.90 Å². The van der Waals surface area contributed by atoms with Gasteiger partial charge in [0.2, 0.25) is 6.10 Å². The van der Waals surface area contributed by atoms with Gasteiger partial charge in [-0.2, -0.15) is 0 Å². The van der Waals surface area contributed by atoms with Gasteiger partial charge in [-0.3, -0.25) is 9.59 Å². The first-order valence-corrected chi connectivity index (χ1v) is 10.1. The molecule has 4 rings (SSSR count). The number of carbonyl (C=O) groups is 2. The second kappa shape index (κ2) is 9.04. The lowest BCUT2D eigenvalue weighted by Crippen LogP contribution is -3.15. The molecule has 8 nitrogen and oxygen atoms in total. The molecular weight excluding hydrogens is 386 g/mol. The van der Waals surface area contributed by atoms with Crippen LogP contribution in [0.25, 0.3) is 0 Å². The number of nitrogens with one attached hydrogen (secondary N) is 2. The normalized spacial score (nSPS) is 18.6. The maximum absolute atomic E-state index is 12.8. The van der Waals surface area contributed by atoms with Crippen LogP contribution in [-0.4, -0.2) is 69.3 Å². The summed E-state index contributed by atoms with van der Waals surface area (Å²) in [4.78, 5) is 28.2. The lowest BCUT2D eigenvalue weighted by molar-refractivity contribution is -0.895. The minimum absolute atomic E-state index is 0.0676. The minimum atomic E-state index is -0.629. The highest BCUT2D eigenvalue weighted by Crippen LogP contribution is 2.31. The summed E-state index contributed by atoms with van der Waals surface area (Å²) in [5.41, 5.74) is 0.660. The number of carbonyl (C=O) groups excluding carboxylic acids is 2. The third-order valence-electron chi connectivity index (χ3n) is 5.36. The Bertz CT molecular complexity index is 911. The van der Waals surface area contributed by atoms with Crippen LogP contribution in [0.1, 0.15) is 0 Å². The lowest BCUT2D eigenvalue weighted by atomic mass is 10.2. The average molecular weight is 412 g/mol. The number of rotatable bonds is 5. The molecule has 8 heteroatoms. The van der Waals surface area contributed by atoms with E-state index in [-0.39, 0.29) is 18.4 Å². The number of hydrogen-bond acceptors (Lipinski definition) is 5. The largest absolute Gasteiger partial charge is 0.495 e. The molecule has 0 radical (unpaired) electrons. The van der Waals surface area contributed by atoms with Gasteiger partial charge < -0.3 is 29.3 Å². The highest BCUT2D eigenvalue weighted by molar-refractivity contribution is 5.93. The molecule has 2 aliphatic heterocycles. The van der Waals surface area contributed by atoms with Crippen LogP contribution < -0.4 is 24.4 Å². The molecule has 0 spiro atoms. The molecule has 1 fully saturated rings. The number of fused-ring (bicyclic) bond motifs is 1. The molecule has 158 valence electrons. The van der Waals surface area contributed by atoms with Crippen LogP contribution in [0.5, 0.6) is 17.2 Å². The summed E-state index contributed by atoms with van der Waals surface area (Å²) in [5, 5.41) is 2.90. The van der Waals surface area contributed by atoms with Crippen LogP contribution in [0.3, 0.4) is 0 Å². The fraction of sp³-hybridized carbons (Fsp3) is 0.364. The molecule has 0 unspecified atom stereocenters. The van der Waals surface area contributed by atoms with E-state index in [9.17, 15) is 9.59 Å². The fourth-order valence-corrected chi connectivity index (χ4v) is 3.73. The van der Waals surface area contributed by atoms with E-state index in [2.05, 4.69) is 5.32 Å². The van der Waals surface area contributed by atoms with Crippen molar-refractivity contribution in [2.75, 3.05) is 51.8 Å². The predicted molar refractivity (Wildman–Crippen MR) is 110 cm³/mol. The summed E-state index contributed by atoms with van der Waals surface area (Å²) in [5.74, 6) is 1.75. The first-order valence-electron chi connectivity index (χ1n) is 10.1. The van der Waals surface area contributed by atoms with Crippen molar-refractivity contribution in [3.63, 3.8) is 0 Å². The van der Waals surface area contributed by atoms with E-state index >= 15 is 0 Å². The molecule has 0 saturated carbocycles. The van der Waals surface area contributed by atoms with Crippen LogP contribution in [-0.2, 0) is 9.59 Å². The summed E-state index contributed by atoms with van der Waals surface area (Å²) in [6.45, 7) is 3.13. The Balaban J connectivity index is 1.26. The van der Waals surface area contributed by atoms with Gasteiger partial charge in [-0.25, -0.2) is 0 Å². The lowest BCUT2D eigenvalue weighted by Gasteiger charge is -2.35. The smallest absolute Gasteiger partial charge is 0.279 e. The zero-order valence-corrected chi connectivity index (χ0v) is 16.9.